The highest BCUT2D eigenvalue weighted by Gasteiger charge is 2.22. The summed E-state index contributed by atoms with van der Waals surface area (Å²) in [7, 11) is -4.38. The van der Waals surface area contributed by atoms with E-state index in [1.807, 2.05) is 13.8 Å². The lowest BCUT2D eigenvalue weighted by molar-refractivity contribution is 0.0931. The van der Waals surface area contributed by atoms with Gasteiger partial charge in [0, 0.05) is 12.1 Å². The number of primary sulfonamides is 1. The van der Waals surface area contributed by atoms with Gasteiger partial charge in [0.05, 0.1) is 5.56 Å². The molecular weight excluding hydrogens is 302 g/mol. The predicted octanol–water partition coefficient (Wildman–Crippen LogP) is 1.78. The van der Waals surface area contributed by atoms with Gasteiger partial charge < -0.3 is 5.32 Å². The zero-order valence-electron chi connectivity index (χ0n) is 12.0. The maximum Gasteiger partial charge on any atom is 0.254 e. The number of rotatable bonds is 5. The summed E-state index contributed by atoms with van der Waals surface area (Å²) in [5, 5.41) is 7.35. The summed E-state index contributed by atoms with van der Waals surface area (Å²) in [5.41, 5.74) is -0.559. The molecule has 1 atom stereocenters. The maximum absolute atomic E-state index is 13.6. The molecule has 0 aliphatic rings. The average molecular weight is 320 g/mol. The number of benzene rings is 1. The molecule has 0 aliphatic heterocycles. The second-order valence-electron chi connectivity index (χ2n) is 5.31. The lowest BCUT2D eigenvalue weighted by Gasteiger charge is -2.16. The van der Waals surface area contributed by atoms with Crippen LogP contribution in [0, 0.1) is 17.6 Å². The predicted molar refractivity (Wildman–Crippen MR) is 74.1 cm³/mol. The summed E-state index contributed by atoms with van der Waals surface area (Å²) in [6.45, 7) is 5.65. The Morgan fingerprint density at radius 1 is 1.24 bits per heavy atom. The first-order chi connectivity index (χ1) is 9.52. The minimum atomic E-state index is -4.38. The molecule has 0 spiro atoms. The Labute approximate surface area is 122 Å². The highest BCUT2D eigenvalue weighted by atomic mass is 32.2. The van der Waals surface area contributed by atoms with E-state index in [1.165, 1.54) is 0 Å². The van der Waals surface area contributed by atoms with Crippen LogP contribution in [0.5, 0.6) is 0 Å². The van der Waals surface area contributed by atoms with Crippen LogP contribution in [0.3, 0.4) is 0 Å². The van der Waals surface area contributed by atoms with Crippen molar-refractivity contribution in [3.8, 4) is 0 Å². The summed E-state index contributed by atoms with van der Waals surface area (Å²) in [6.07, 6.45) is 0.663. The number of nitrogens with two attached hydrogens (primary N) is 1. The Balaban J connectivity index is 3.10. The molecule has 21 heavy (non-hydrogen) atoms. The van der Waals surface area contributed by atoms with Crippen LogP contribution in [-0.2, 0) is 10.0 Å². The summed E-state index contributed by atoms with van der Waals surface area (Å²) in [5.74, 6) is -2.97. The highest BCUT2D eigenvalue weighted by molar-refractivity contribution is 7.89. The first-order valence-electron chi connectivity index (χ1n) is 6.35. The van der Waals surface area contributed by atoms with E-state index in [0.29, 0.717) is 24.5 Å². The van der Waals surface area contributed by atoms with Gasteiger partial charge in [-0.1, -0.05) is 13.8 Å². The highest BCUT2D eigenvalue weighted by Crippen LogP contribution is 2.19. The first-order valence-corrected chi connectivity index (χ1v) is 7.89. The molecule has 3 N–H and O–H groups in total. The monoisotopic (exact) mass is 320 g/mol. The van der Waals surface area contributed by atoms with Gasteiger partial charge in [0.2, 0.25) is 10.0 Å². The van der Waals surface area contributed by atoms with Gasteiger partial charge in [0.25, 0.3) is 5.91 Å². The van der Waals surface area contributed by atoms with Gasteiger partial charge in [-0.05, 0) is 25.3 Å². The third-order valence-corrected chi connectivity index (χ3v) is 3.70. The molecule has 0 radical (unpaired) electrons. The van der Waals surface area contributed by atoms with E-state index in [0.717, 1.165) is 0 Å². The smallest absolute Gasteiger partial charge is 0.254 e. The minimum Gasteiger partial charge on any atom is -0.349 e. The number of hydrogen-bond donors (Lipinski definition) is 2. The second-order valence-corrected chi connectivity index (χ2v) is 6.84. The van der Waals surface area contributed by atoms with Crippen molar-refractivity contribution in [3.05, 3.63) is 29.3 Å². The van der Waals surface area contributed by atoms with Gasteiger partial charge >= 0.3 is 0 Å². The summed E-state index contributed by atoms with van der Waals surface area (Å²) in [4.78, 5) is 11.0. The van der Waals surface area contributed by atoms with Crippen molar-refractivity contribution in [1.29, 1.82) is 0 Å². The molecule has 0 heterocycles. The van der Waals surface area contributed by atoms with Crippen LogP contribution in [0.25, 0.3) is 0 Å². The molecule has 1 rings (SSSR count). The average Bonchev–Trinajstić information content (AvgIpc) is 2.24. The van der Waals surface area contributed by atoms with Crippen LogP contribution in [0.2, 0.25) is 0 Å². The third kappa shape index (κ3) is 4.75. The van der Waals surface area contributed by atoms with E-state index in [-0.39, 0.29) is 6.04 Å². The van der Waals surface area contributed by atoms with Crippen molar-refractivity contribution in [3.63, 3.8) is 0 Å². The Kier molecular flexibility index (Phi) is 5.41. The van der Waals surface area contributed by atoms with E-state index < -0.39 is 38.0 Å². The number of hydrogen-bond acceptors (Lipinski definition) is 3. The zero-order chi connectivity index (χ0) is 16.4. The standard InChI is InChI=1S/C13H18F2N2O3S/c1-7(2)4-8(3)17-13(18)9-5-12(21(16,19)20)11(15)6-10(9)14/h5-8H,4H2,1-3H3,(H,17,18)(H2,16,19,20). The number of nitrogens with one attached hydrogen (secondary N) is 1. The minimum absolute atomic E-state index is 0.236. The second kappa shape index (κ2) is 6.48. The Hall–Kier alpha value is -1.54. The van der Waals surface area contributed by atoms with Crippen LogP contribution < -0.4 is 10.5 Å². The van der Waals surface area contributed by atoms with Gasteiger partial charge in [-0.2, -0.15) is 0 Å². The number of halogens is 2. The van der Waals surface area contributed by atoms with Crippen molar-refractivity contribution in [1.82, 2.24) is 5.32 Å². The van der Waals surface area contributed by atoms with Crippen LogP contribution >= 0.6 is 0 Å². The Morgan fingerprint density at radius 2 is 1.81 bits per heavy atom. The molecule has 118 valence electrons. The molecule has 1 aromatic rings. The van der Waals surface area contributed by atoms with Crippen LogP contribution in [0.4, 0.5) is 8.78 Å². The first kappa shape index (κ1) is 17.5. The molecule has 1 unspecified atom stereocenters. The van der Waals surface area contributed by atoms with Gasteiger partial charge in [-0.3, -0.25) is 4.79 Å². The van der Waals surface area contributed by atoms with Crippen LogP contribution in [0.15, 0.2) is 17.0 Å². The van der Waals surface area contributed by atoms with Crippen molar-refractivity contribution in [2.24, 2.45) is 11.1 Å². The van der Waals surface area contributed by atoms with Crippen molar-refractivity contribution in [2.45, 2.75) is 38.1 Å². The summed E-state index contributed by atoms with van der Waals surface area (Å²) >= 11 is 0. The molecule has 0 aliphatic carbocycles. The van der Waals surface area contributed by atoms with Gasteiger partial charge in [-0.25, -0.2) is 22.3 Å². The van der Waals surface area contributed by atoms with Gasteiger partial charge in [-0.15, -0.1) is 0 Å². The van der Waals surface area contributed by atoms with E-state index in [1.54, 1.807) is 6.92 Å². The van der Waals surface area contributed by atoms with Crippen molar-refractivity contribution < 1.29 is 22.0 Å². The lowest BCUT2D eigenvalue weighted by Crippen LogP contribution is -2.34. The van der Waals surface area contributed by atoms with Gasteiger partial charge in [0.1, 0.15) is 16.5 Å². The van der Waals surface area contributed by atoms with E-state index in [4.69, 9.17) is 5.14 Å². The number of sulfonamides is 1. The molecular formula is C13H18F2N2O3S. The molecule has 0 fully saturated rings. The van der Waals surface area contributed by atoms with E-state index >= 15 is 0 Å². The van der Waals surface area contributed by atoms with Crippen LogP contribution in [-0.4, -0.2) is 20.4 Å². The molecule has 0 saturated heterocycles. The van der Waals surface area contributed by atoms with Crippen molar-refractivity contribution >= 4 is 15.9 Å². The number of amides is 1. The Morgan fingerprint density at radius 3 is 2.29 bits per heavy atom. The number of carbonyl (C=O) groups is 1. The largest absolute Gasteiger partial charge is 0.349 e. The SMILES string of the molecule is CC(C)CC(C)NC(=O)c1cc(S(N)(=O)=O)c(F)cc1F. The molecule has 8 heteroatoms. The normalized spacial score (nSPS) is 13.3. The maximum atomic E-state index is 13.6. The molecule has 5 nitrogen and oxygen atoms in total. The zero-order valence-corrected chi connectivity index (χ0v) is 12.8. The third-order valence-electron chi connectivity index (χ3n) is 2.78. The fraction of sp³-hybridized carbons (Fsp3) is 0.462. The molecule has 0 saturated carbocycles. The fourth-order valence-electron chi connectivity index (χ4n) is 1.99. The number of carbonyl (C=O) groups excluding carboxylic acids is 1. The van der Waals surface area contributed by atoms with E-state index in [2.05, 4.69) is 5.32 Å². The molecule has 0 bridgehead atoms. The van der Waals surface area contributed by atoms with Gasteiger partial charge in [0.15, 0.2) is 0 Å². The fourth-order valence-corrected chi connectivity index (χ4v) is 2.60. The molecule has 0 aromatic heterocycles. The Bertz CT molecular complexity index is 645. The topological polar surface area (TPSA) is 89.3 Å². The summed E-state index contributed by atoms with van der Waals surface area (Å²) in [6, 6.07) is 0.707. The van der Waals surface area contributed by atoms with Crippen molar-refractivity contribution in [2.75, 3.05) is 0 Å². The van der Waals surface area contributed by atoms with Crippen LogP contribution in [0.1, 0.15) is 37.6 Å². The lowest BCUT2D eigenvalue weighted by atomic mass is 10.0. The molecule has 1 aromatic carbocycles. The van der Waals surface area contributed by atoms with E-state index in [9.17, 15) is 22.0 Å². The quantitative estimate of drug-likeness (QED) is 0.866. The summed E-state index contributed by atoms with van der Waals surface area (Å²) < 4.78 is 49.4. The molecule has 1 amide bonds.